The average Bonchev–Trinajstić information content (AvgIpc) is 2.53. The molecule has 0 amide bonds. The second-order valence-corrected chi connectivity index (χ2v) is 5.89. The number of rotatable bonds is 6. The van der Waals surface area contributed by atoms with E-state index in [1.807, 2.05) is 4.90 Å². The van der Waals surface area contributed by atoms with Gasteiger partial charge in [0, 0.05) is 24.8 Å². The smallest absolute Gasteiger partial charge is 0.353 e. The van der Waals surface area contributed by atoms with Gasteiger partial charge in [-0.25, -0.2) is 4.98 Å². The zero-order chi connectivity index (χ0) is 20.2. The quantitative estimate of drug-likeness (QED) is 0.720. The summed E-state index contributed by atoms with van der Waals surface area (Å²) >= 11 is 0. The van der Waals surface area contributed by atoms with Crippen LogP contribution in [0.2, 0.25) is 0 Å². The van der Waals surface area contributed by atoms with Crippen LogP contribution in [0, 0.1) is 0 Å². The van der Waals surface area contributed by atoms with E-state index in [0.29, 0.717) is 19.2 Å². The fraction of sp³-hybridized carbons (Fsp3) is 0.375. The van der Waals surface area contributed by atoms with Crippen LogP contribution >= 0.6 is 0 Å². The van der Waals surface area contributed by atoms with Crippen LogP contribution in [0.3, 0.4) is 0 Å². The molecule has 11 heteroatoms. The SMILES string of the molecule is CN(C)CCNc1nc(Nc2ccc(C(F)(F)F)cc2)cc(C(F)(F)F)n1. The number of nitrogens with one attached hydrogen (secondary N) is 2. The molecule has 0 aliphatic heterocycles. The Kier molecular flexibility index (Phi) is 6.14. The first-order chi connectivity index (χ1) is 12.4. The monoisotopic (exact) mass is 393 g/mol. The molecule has 0 saturated carbocycles. The van der Waals surface area contributed by atoms with E-state index in [-0.39, 0.29) is 17.5 Å². The summed E-state index contributed by atoms with van der Waals surface area (Å²) in [5.41, 5.74) is -1.87. The van der Waals surface area contributed by atoms with Crippen LogP contribution in [0.1, 0.15) is 11.3 Å². The Morgan fingerprint density at radius 2 is 1.56 bits per heavy atom. The van der Waals surface area contributed by atoms with E-state index in [1.165, 1.54) is 0 Å². The van der Waals surface area contributed by atoms with Crippen molar-refractivity contribution in [3.8, 4) is 0 Å². The van der Waals surface area contributed by atoms with Crippen molar-refractivity contribution in [2.75, 3.05) is 37.8 Å². The summed E-state index contributed by atoms with van der Waals surface area (Å²) in [7, 11) is 3.60. The molecule has 27 heavy (non-hydrogen) atoms. The molecule has 1 aromatic heterocycles. The van der Waals surface area contributed by atoms with Crippen molar-refractivity contribution < 1.29 is 26.3 Å². The zero-order valence-electron chi connectivity index (χ0n) is 14.4. The van der Waals surface area contributed by atoms with Gasteiger partial charge in [-0.05, 0) is 38.4 Å². The first-order valence-corrected chi connectivity index (χ1v) is 7.74. The Morgan fingerprint density at radius 3 is 2.07 bits per heavy atom. The number of hydrogen-bond donors (Lipinski definition) is 2. The molecule has 1 heterocycles. The van der Waals surface area contributed by atoms with Gasteiger partial charge in [0.05, 0.1) is 5.56 Å². The molecule has 0 aliphatic carbocycles. The van der Waals surface area contributed by atoms with Gasteiger partial charge in [-0.3, -0.25) is 0 Å². The third-order valence-corrected chi connectivity index (χ3v) is 3.34. The molecule has 0 spiro atoms. The van der Waals surface area contributed by atoms with Crippen molar-refractivity contribution >= 4 is 17.5 Å². The van der Waals surface area contributed by atoms with Gasteiger partial charge in [0.2, 0.25) is 5.95 Å². The number of alkyl halides is 6. The Labute approximate surface area is 151 Å². The largest absolute Gasteiger partial charge is 0.433 e. The van der Waals surface area contributed by atoms with Gasteiger partial charge < -0.3 is 15.5 Å². The highest BCUT2D eigenvalue weighted by Gasteiger charge is 2.34. The zero-order valence-corrected chi connectivity index (χ0v) is 14.4. The maximum Gasteiger partial charge on any atom is 0.433 e. The van der Waals surface area contributed by atoms with Crippen molar-refractivity contribution in [2.45, 2.75) is 12.4 Å². The highest BCUT2D eigenvalue weighted by Crippen LogP contribution is 2.32. The molecule has 148 valence electrons. The molecule has 2 rings (SSSR count). The van der Waals surface area contributed by atoms with Crippen molar-refractivity contribution in [2.24, 2.45) is 0 Å². The summed E-state index contributed by atoms with van der Waals surface area (Å²) in [6.45, 7) is 0.856. The van der Waals surface area contributed by atoms with E-state index >= 15 is 0 Å². The Balaban J connectivity index is 2.23. The lowest BCUT2D eigenvalue weighted by molar-refractivity contribution is -0.141. The van der Waals surface area contributed by atoms with Crippen LogP contribution in [0.25, 0.3) is 0 Å². The summed E-state index contributed by atoms with van der Waals surface area (Å²) < 4.78 is 76.9. The molecule has 0 radical (unpaired) electrons. The normalized spacial score (nSPS) is 12.3. The minimum absolute atomic E-state index is 0.161. The number of aromatic nitrogens is 2. The summed E-state index contributed by atoms with van der Waals surface area (Å²) in [6.07, 6.45) is -9.20. The van der Waals surface area contributed by atoms with Gasteiger partial charge in [-0.15, -0.1) is 0 Å². The lowest BCUT2D eigenvalue weighted by Crippen LogP contribution is -2.22. The standard InChI is InChI=1S/C16H17F6N5/c1-27(2)8-7-23-14-25-12(16(20,21)22)9-13(26-14)24-11-5-3-10(4-6-11)15(17,18)19/h3-6,9H,7-8H2,1-2H3,(H2,23,24,25,26). The summed E-state index contributed by atoms with van der Waals surface area (Å²) in [6, 6.07) is 4.55. The molecular formula is C16H17F6N5. The maximum absolute atomic E-state index is 13.0. The molecule has 2 aromatic rings. The number of benzene rings is 1. The van der Waals surface area contributed by atoms with E-state index in [0.717, 1.165) is 24.3 Å². The highest BCUT2D eigenvalue weighted by atomic mass is 19.4. The van der Waals surface area contributed by atoms with Crippen molar-refractivity contribution in [1.29, 1.82) is 0 Å². The minimum Gasteiger partial charge on any atom is -0.353 e. The molecule has 0 atom stereocenters. The van der Waals surface area contributed by atoms with E-state index in [9.17, 15) is 26.3 Å². The van der Waals surface area contributed by atoms with Crippen molar-refractivity contribution in [1.82, 2.24) is 14.9 Å². The van der Waals surface area contributed by atoms with E-state index < -0.39 is 23.6 Å². The van der Waals surface area contributed by atoms with Crippen LogP contribution in [-0.4, -0.2) is 42.1 Å². The molecular weight excluding hydrogens is 376 g/mol. The molecule has 0 aliphatic rings. The fourth-order valence-electron chi connectivity index (χ4n) is 2.02. The van der Waals surface area contributed by atoms with Crippen molar-refractivity contribution in [3.05, 3.63) is 41.6 Å². The molecule has 0 fully saturated rings. The fourth-order valence-corrected chi connectivity index (χ4v) is 2.02. The first-order valence-electron chi connectivity index (χ1n) is 7.74. The van der Waals surface area contributed by atoms with Crippen LogP contribution in [0.15, 0.2) is 30.3 Å². The van der Waals surface area contributed by atoms with E-state index in [1.54, 1.807) is 14.1 Å². The lowest BCUT2D eigenvalue weighted by Gasteiger charge is -2.14. The van der Waals surface area contributed by atoms with Gasteiger partial charge in [0.25, 0.3) is 0 Å². The lowest BCUT2D eigenvalue weighted by atomic mass is 10.2. The summed E-state index contributed by atoms with van der Waals surface area (Å²) in [5.74, 6) is -0.425. The van der Waals surface area contributed by atoms with Gasteiger partial charge in [-0.1, -0.05) is 0 Å². The Hall–Kier alpha value is -2.56. The van der Waals surface area contributed by atoms with E-state index in [4.69, 9.17) is 0 Å². The molecule has 5 nitrogen and oxygen atoms in total. The van der Waals surface area contributed by atoms with Crippen LogP contribution in [-0.2, 0) is 12.4 Å². The number of anilines is 3. The molecule has 2 N–H and O–H groups in total. The van der Waals surface area contributed by atoms with Crippen LogP contribution < -0.4 is 10.6 Å². The molecule has 1 aromatic carbocycles. The van der Waals surface area contributed by atoms with Crippen molar-refractivity contribution in [3.63, 3.8) is 0 Å². The van der Waals surface area contributed by atoms with Gasteiger partial charge >= 0.3 is 12.4 Å². The third-order valence-electron chi connectivity index (χ3n) is 3.34. The van der Waals surface area contributed by atoms with Gasteiger partial charge in [-0.2, -0.15) is 31.3 Å². The second kappa shape index (κ2) is 7.99. The molecule has 0 saturated heterocycles. The minimum atomic E-state index is -4.70. The van der Waals surface area contributed by atoms with E-state index in [2.05, 4.69) is 20.6 Å². The topological polar surface area (TPSA) is 53.1 Å². The second-order valence-electron chi connectivity index (χ2n) is 5.89. The molecule has 0 unspecified atom stereocenters. The average molecular weight is 393 g/mol. The first kappa shape index (κ1) is 20.7. The maximum atomic E-state index is 13.0. The van der Waals surface area contributed by atoms with Gasteiger partial charge in [0.1, 0.15) is 5.82 Å². The van der Waals surface area contributed by atoms with Gasteiger partial charge in [0.15, 0.2) is 5.69 Å². The number of halogens is 6. The number of nitrogens with zero attached hydrogens (tertiary/aromatic N) is 3. The van der Waals surface area contributed by atoms with Crippen LogP contribution in [0.4, 0.5) is 43.8 Å². The summed E-state index contributed by atoms with van der Waals surface area (Å²) in [4.78, 5) is 9.19. The number of likely N-dealkylation sites (N-methyl/N-ethyl adjacent to an activating group) is 1. The highest BCUT2D eigenvalue weighted by molar-refractivity contribution is 5.58. The Bertz CT molecular complexity index is 755. The Morgan fingerprint density at radius 1 is 0.926 bits per heavy atom. The number of hydrogen-bond acceptors (Lipinski definition) is 5. The third kappa shape index (κ3) is 6.27. The summed E-state index contributed by atoms with van der Waals surface area (Å²) in [5, 5.41) is 5.26. The van der Waals surface area contributed by atoms with Crippen LogP contribution in [0.5, 0.6) is 0 Å². The molecule has 0 bridgehead atoms. The predicted octanol–water partition coefficient (Wildman–Crippen LogP) is 4.23. The predicted molar refractivity (Wildman–Crippen MR) is 88.8 cm³/mol.